The van der Waals surface area contributed by atoms with Crippen molar-refractivity contribution in [1.82, 2.24) is 15.0 Å². The van der Waals surface area contributed by atoms with Crippen LogP contribution in [0.5, 0.6) is 0 Å². The minimum atomic E-state index is 0. The first-order valence-corrected chi connectivity index (χ1v) is 24.1. The molecule has 3 heterocycles. The van der Waals surface area contributed by atoms with Crippen LogP contribution in [0.3, 0.4) is 0 Å². The molecule has 3 aromatic heterocycles. The molecular weight excluding hydrogens is 1210 g/mol. The van der Waals surface area contributed by atoms with Crippen LogP contribution in [0.25, 0.3) is 67.2 Å². The molecule has 360 valence electrons. The van der Waals surface area contributed by atoms with E-state index in [1.807, 2.05) is 79.3 Å². The SMILES string of the molecule is CC(C)c1cc(-c2cc[c-]c(-c3ccccn3)c2)cc(C(C)C)c1.CC(C)c1cc(-c2cccc(-c3ccccn3)c2)cc(C(C)C)c1.Cc1cc(C)cc(-c2cc[c-]c(-c3ccccn3)c2)c1.[Ir].[Ir]. The van der Waals surface area contributed by atoms with Crippen LogP contribution in [0.15, 0.2) is 188 Å². The monoisotopic (exact) mass is 1270 g/mol. The Labute approximate surface area is 446 Å². The molecule has 0 aliphatic heterocycles. The van der Waals surface area contributed by atoms with Crippen molar-refractivity contribution in [3.63, 3.8) is 0 Å². The van der Waals surface area contributed by atoms with Gasteiger partial charge in [0, 0.05) is 64.4 Å². The van der Waals surface area contributed by atoms with Crippen molar-refractivity contribution in [3.8, 4) is 67.2 Å². The van der Waals surface area contributed by atoms with E-state index < -0.39 is 0 Å². The number of aromatic nitrogens is 3. The molecule has 9 aromatic rings. The Morgan fingerprint density at radius 1 is 0.314 bits per heavy atom. The Balaban J connectivity index is 0.000000194. The number of pyridine rings is 3. The van der Waals surface area contributed by atoms with Gasteiger partial charge < -0.3 is 9.97 Å². The molecule has 0 N–H and O–H groups in total. The normalized spacial score (nSPS) is 10.7. The van der Waals surface area contributed by atoms with Crippen LogP contribution < -0.4 is 0 Å². The van der Waals surface area contributed by atoms with Crippen LogP contribution in [-0.4, -0.2) is 15.0 Å². The molecule has 9 rings (SSSR count). The molecule has 0 aliphatic carbocycles. The molecule has 0 unspecified atom stereocenters. The fourth-order valence-electron chi connectivity index (χ4n) is 8.18. The minimum absolute atomic E-state index is 0. The van der Waals surface area contributed by atoms with Gasteiger partial charge in [-0.25, -0.2) is 0 Å². The van der Waals surface area contributed by atoms with Gasteiger partial charge in [0.15, 0.2) is 0 Å². The smallest absolute Gasteiger partial charge is 0.0702 e. The van der Waals surface area contributed by atoms with Crippen molar-refractivity contribution in [2.75, 3.05) is 0 Å². The molecule has 0 amide bonds. The van der Waals surface area contributed by atoms with Gasteiger partial charge in [0.1, 0.15) is 0 Å². The second-order valence-corrected chi connectivity index (χ2v) is 19.0. The van der Waals surface area contributed by atoms with E-state index >= 15 is 0 Å². The number of rotatable bonds is 10. The molecule has 0 saturated carbocycles. The summed E-state index contributed by atoms with van der Waals surface area (Å²) in [7, 11) is 0. The standard InChI is InChI=1S/C23H25N.C23H24N.C19H16N.2Ir/c2*1-16(2)20-13-21(17(3)4)15-22(14-20)18-8-7-9-19(12-18)23-10-5-6-11-24-23;1-14-10-15(2)12-18(11-14)16-6-5-7-17(13-16)19-8-3-4-9-20-19;;/h5-17H,1-4H3;5-8,10-17H,1-4H3;3-6,8-13H,1-2H3;;/q;2*-1;;. The summed E-state index contributed by atoms with van der Waals surface area (Å²) in [5.74, 6) is 2.10. The van der Waals surface area contributed by atoms with Crippen molar-refractivity contribution in [2.24, 2.45) is 0 Å². The molecule has 70 heavy (non-hydrogen) atoms. The Hall–Kier alpha value is -5.93. The van der Waals surface area contributed by atoms with E-state index in [4.69, 9.17) is 0 Å². The summed E-state index contributed by atoms with van der Waals surface area (Å²) in [6, 6.07) is 66.3. The molecule has 0 saturated heterocycles. The van der Waals surface area contributed by atoms with Crippen molar-refractivity contribution in [1.29, 1.82) is 0 Å². The molecule has 0 atom stereocenters. The predicted molar refractivity (Wildman–Crippen MR) is 289 cm³/mol. The van der Waals surface area contributed by atoms with E-state index in [-0.39, 0.29) is 40.2 Å². The fourth-order valence-corrected chi connectivity index (χ4v) is 8.18. The van der Waals surface area contributed by atoms with Gasteiger partial charge in [-0.15, -0.1) is 70.8 Å². The van der Waals surface area contributed by atoms with Crippen molar-refractivity contribution >= 4 is 0 Å². The first-order chi connectivity index (χ1) is 32.8. The third-order valence-corrected chi connectivity index (χ3v) is 12.2. The number of benzene rings is 6. The third kappa shape index (κ3) is 15.0. The van der Waals surface area contributed by atoms with Gasteiger partial charge in [-0.3, -0.25) is 4.98 Å². The summed E-state index contributed by atoms with van der Waals surface area (Å²) in [6.07, 6.45) is 5.48. The summed E-state index contributed by atoms with van der Waals surface area (Å²) in [5, 5.41) is 0. The van der Waals surface area contributed by atoms with Crippen LogP contribution in [0.2, 0.25) is 0 Å². The van der Waals surface area contributed by atoms with Crippen LogP contribution in [0.1, 0.15) is 112 Å². The minimum Gasteiger partial charge on any atom is -0.305 e. The summed E-state index contributed by atoms with van der Waals surface area (Å²) in [4.78, 5) is 13.3. The Morgan fingerprint density at radius 3 is 1.04 bits per heavy atom. The maximum Gasteiger partial charge on any atom is 0.0702 e. The largest absolute Gasteiger partial charge is 0.305 e. The Bertz CT molecular complexity index is 2820. The Kier molecular flexibility index (Phi) is 20.7. The van der Waals surface area contributed by atoms with E-state index in [0.29, 0.717) is 23.7 Å². The van der Waals surface area contributed by atoms with Crippen molar-refractivity contribution < 1.29 is 40.2 Å². The number of aryl methyl sites for hydroxylation is 2. The molecular formula is C65H65Ir2N3-2. The van der Waals surface area contributed by atoms with Crippen LogP contribution >= 0.6 is 0 Å². The first kappa shape index (κ1) is 55.0. The first-order valence-electron chi connectivity index (χ1n) is 24.1. The molecule has 0 fully saturated rings. The molecule has 0 spiro atoms. The molecule has 0 bridgehead atoms. The van der Waals surface area contributed by atoms with E-state index in [1.54, 1.807) is 0 Å². The van der Waals surface area contributed by atoms with Gasteiger partial charge in [0.05, 0.1) is 5.69 Å². The Morgan fingerprint density at radius 2 is 0.671 bits per heavy atom. The molecule has 0 aliphatic rings. The van der Waals surface area contributed by atoms with Gasteiger partial charge in [-0.05, 0) is 124 Å². The van der Waals surface area contributed by atoms with Gasteiger partial charge in [-0.1, -0.05) is 170 Å². The van der Waals surface area contributed by atoms with Gasteiger partial charge in [-0.2, -0.15) is 0 Å². The average Bonchev–Trinajstić information content (AvgIpc) is 3.37. The van der Waals surface area contributed by atoms with Gasteiger partial charge in [0.2, 0.25) is 0 Å². The van der Waals surface area contributed by atoms with Crippen LogP contribution in [0.4, 0.5) is 0 Å². The molecule has 3 nitrogen and oxygen atoms in total. The van der Waals surface area contributed by atoms with Gasteiger partial charge in [0.25, 0.3) is 0 Å². The second kappa shape index (κ2) is 26.3. The summed E-state index contributed by atoms with van der Waals surface area (Å²) >= 11 is 0. The maximum atomic E-state index is 4.48. The molecule has 6 aromatic carbocycles. The van der Waals surface area contributed by atoms with E-state index in [2.05, 4.69) is 206 Å². The third-order valence-electron chi connectivity index (χ3n) is 12.2. The zero-order chi connectivity index (χ0) is 48.2. The van der Waals surface area contributed by atoms with E-state index in [1.165, 1.54) is 66.8 Å². The van der Waals surface area contributed by atoms with Crippen molar-refractivity contribution in [2.45, 2.75) is 92.9 Å². The number of hydrogen-bond acceptors (Lipinski definition) is 3. The molecule has 2 radical (unpaired) electrons. The predicted octanol–water partition coefficient (Wildman–Crippen LogP) is 18.0. The summed E-state index contributed by atoms with van der Waals surface area (Å²) in [6.45, 7) is 22.3. The number of nitrogens with zero attached hydrogens (tertiary/aromatic N) is 3. The van der Waals surface area contributed by atoms with Crippen LogP contribution in [-0.2, 0) is 40.2 Å². The second-order valence-electron chi connectivity index (χ2n) is 19.0. The summed E-state index contributed by atoms with van der Waals surface area (Å²) < 4.78 is 0. The molecule has 5 heteroatoms. The average molecular weight is 1270 g/mol. The van der Waals surface area contributed by atoms with Crippen LogP contribution in [0, 0.1) is 26.0 Å². The zero-order valence-electron chi connectivity index (χ0n) is 42.2. The van der Waals surface area contributed by atoms with E-state index in [0.717, 1.165) is 33.8 Å². The van der Waals surface area contributed by atoms with E-state index in [9.17, 15) is 0 Å². The fraction of sp³-hybridized carbons (Fsp3) is 0.215. The van der Waals surface area contributed by atoms with Crippen molar-refractivity contribution in [3.05, 3.63) is 234 Å². The topological polar surface area (TPSA) is 38.7 Å². The van der Waals surface area contributed by atoms with Gasteiger partial charge >= 0.3 is 0 Å². The quantitative estimate of drug-likeness (QED) is 0.128. The maximum absolute atomic E-state index is 4.48. The summed E-state index contributed by atoms with van der Waals surface area (Å²) in [5.41, 5.74) is 21.8. The zero-order valence-corrected chi connectivity index (χ0v) is 47.0. The number of hydrogen-bond donors (Lipinski definition) is 0.